The van der Waals surface area contributed by atoms with Crippen LogP contribution in [0.5, 0.6) is 0 Å². The Morgan fingerprint density at radius 3 is 1.75 bits per heavy atom. The molecule has 0 unspecified atom stereocenters. The highest BCUT2D eigenvalue weighted by molar-refractivity contribution is 6.15. The molecule has 0 saturated carbocycles. The van der Waals surface area contributed by atoms with Gasteiger partial charge in [0.15, 0.2) is 0 Å². The molecule has 3 N–H and O–H groups in total. The third-order valence-corrected chi connectivity index (χ3v) is 1.67. The fraction of sp³-hybridized carbons (Fsp3) is 0.500. The minimum absolute atomic E-state index is 0.264. The summed E-state index contributed by atoms with van der Waals surface area (Å²) < 4.78 is 0. The van der Waals surface area contributed by atoms with Crippen LogP contribution < -0.4 is 5.73 Å². The van der Waals surface area contributed by atoms with Crippen molar-refractivity contribution in [2.75, 3.05) is 0 Å². The van der Waals surface area contributed by atoms with E-state index in [1.165, 1.54) is 0 Å². The van der Waals surface area contributed by atoms with E-state index in [9.17, 15) is 9.59 Å². The van der Waals surface area contributed by atoms with Crippen molar-refractivity contribution < 1.29 is 14.7 Å². The number of primary amides is 1. The Balaban J connectivity index is 5.03. The summed E-state index contributed by atoms with van der Waals surface area (Å²) in [6.45, 7) is 3.59. The van der Waals surface area contributed by atoms with Gasteiger partial charge in [0.2, 0.25) is 0 Å². The molecular weight excluding hydrogens is 158 g/mol. The van der Waals surface area contributed by atoms with Gasteiger partial charge in [0.1, 0.15) is 5.57 Å². The first kappa shape index (κ1) is 10.7. The zero-order valence-corrected chi connectivity index (χ0v) is 7.26. The number of nitrogens with two attached hydrogens (primary N) is 1. The van der Waals surface area contributed by atoms with Crippen LogP contribution in [0.1, 0.15) is 26.7 Å². The molecule has 1 amide bonds. The van der Waals surface area contributed by atoms with Crippen LogP contribution in [-0.2, 0) is 9.59 Å². The number of rotatable bonds is 4. The Morgan fingerprint density at radius 2 is 1.67 bits per heavy atom. The summed E-state index contributed by atoms with van der Waals surface area (Å²) in [5.41, 5.74) is 5.24. The van der Waals surface area contributed by atoms with E-state index in [-0.39, 0.29) is 5.57 Å². The van der Waals surface area contributed by atoms with Gasteiger partial charge in [-0.15, -0.1) is 0 Å². The first-order chi connectivity index (χ1) is 5.54. The Labute approximate surface area is 71.1 Å². The van der Waals surface area contributed by atoms with Crippen molar-refractivity contribution in [3.8, 4) is 0 Å². The maximum atomic E-state index is 10.7. The second-order valence-corrected chi connectivity index (χ2v) is 2.36. The lowest BCUT2D eigenvalue weighted by atomic mass is 10.0. The van der Waals surface area contributed by atoms with Gasteiger partial charge in [0, 0.05) is 0 Å². The molecule has 0 aromatic heterocycles. The second kappa shape index (κ2) is 4.54. The van der Waals surface area contributed by atoms with Gasteiger partial charge in [0.05, 0.1) is 0 Å². The van der Waals surface area contributed by atoms with Crippen LogP contribution in [0.25, 0.3) is 0 Å². The smallest absolute Gasteiger partial charge is 0.341 e. The fourth-order valence-electron chi connectivity index (χ4n) is 1.03. The van der Waals surface area contributed by atoms with Crippen LogP contribution >= 0.6 is 0 Å². The van der Waals surface area contributed by atoms with E-state index in [2.05, 4.69) is 0 Å². The van der Waals surface area contributed by atoms with Crippen LogP contribution in [0.3, 0.4) is 0 Å². The normalized spacial score (nSPS) is 9.17. The van der Waals surface area contributed by atoms with E-state index in [0.717, 1.165) is 0 Å². The van der Waals surface area contributed by atoms with Crippen LogP contribution in [0.2, 0.25) is 0 Å². The highest BCUT2D eigenvalue weighted by atomic mass is 16.4. The fourth-order valence-corrected chi connectivity index (χ4v) is 1.03. The molecule has 0 rings (SSSR count). The van der Waals surface area contributed by atoms with Crippen molar-refractivity contribution in [1.29, 1.82) is 0 Å². The standard InChI is InChI=1S/C8H13NO3/c1-3-5(4-2)6(7(9)10)8(11)12/h3-4H2,1-2H3,(H2,9,10)(H,11,12). The average Bonchev–Trinajstić information content (AvgIpc) is 1.98. The summed E-state index contributed by atoms with van der Waals surface area (Å²) in [5.74, 6) is -2.09. The molecule has 12 heavy (non-hydrogen) atoms. The summed E-state index contributed by atoms with van der Waals surface area (Å²) >= 11 is 0. The molecule has 0 atom stereocenters. The van der Waals surface area contributed by atoms with Gasteiger partial charge in [-0.1, -0.05) is 19.4 Å². The Morgan fingerprint density at radius 1 is 1.25 bits per heavy atom. The highest BCUT2D eigenvalue weighted by Gasteiger charge is 2.17. The van der Waals surface area contributed by atoms with Gasteiger partial charge in [-0.2, -0.15) is 0 Å². The van der Waals surface area contributed by atoms with E-state index >= 15 is 0 Å². The van der Waals surface area contributed by atoms with Gasteiger partial charge in [-0.25, -0.2) is 4.79 Å². The maximum absolute atomic E-state index is 10.7. The van der Waals surface area contributed by atoms with E-state index in [0.29, 0.717) is 18.4 Å². The minimum atomic E-state index is -1.23. The number of carboxylic acids is 1. The Bertz CT molecular complexity index is 208. The number of hydrogen-bond donors (Lipinski definition) is 2. The number of aliphatic carboxylic acids is 1. The molecule has 0 aliphatic rings. The largest absolute Gasteiger partial charge is 0.477 e. The van der Waals surface area contributed by atoms with E-state index in [1.807, 2.05) is 0 Å². The average molecular weight is 171 g/mol. The molecule has 0 heterocycles. The first-order valence-corrected chi connectivity index (χ1v) is 3.79. The number of hydrogen-bond acceptors (Lipinski definition) is 2. The van der Waals surface area contributed by atoms with Gasteiger partial charge in [0.25, 0.3) is 5.91 Å². The lowest BCUT2D eigenvalue weighted by Gasteiger charge is -2.04. The van der Waals surface area contributed by atoms with Crippen molar-refractivity contribution in [2.45, 2.75) is 26.7 Å². The van der Waals surface area contributed by atoms with E-state index in [1.54, 1.807) is 13.8 Å². The lowest BCUT2D eigenvalue weighted by molar-refractivity contribution is -0.134. The molecule has 4 heteroatoms. The molecule has 0 fully saturated rings. The molecule has 4 nitrogen and oxygen atoms in total. The van der Waals surface area contributed by atoms with Crippen molar-refractivity contribution in [3.63, 3.8) is 0 Å². The molecular formula is C8H13NO3. The number of amides is 1. The second-order valence-electron chi connectivity index (χ2n) is 2.36. The highest BCUT2D eigenvalue weighted by Crippen LogP contribution is 2.12. The minimum Gasteiger partial charge on any atom is -0.477 e. The summed E-state index contributed by atoms with van der Waals surface area (Å²) in [6.07, 6.45) is 1.09. The van der Waals surface area contributed by atoms with E-state index in [4.69, 9.17) is 10.8 Å². The van der Waals surface area contributed by atoms with Gasteiger partial charge in [-0.3, -0.25) is 4.79 Å². The summed E-state index contributed by atoms with van der Waals surface area (Å²) in [7, 11) is 0. The maximum Gasteiger partial charge on any atom is 0.341 e. The summed E-state index contributed by atoms with van der Waals surface area (Å²) in [5, 5.41) is 8.62. The number of carboxylic acid groups (broad SMARTS) is 1. The topological polar surface area (TPSA) is 80.4 Å². The zero-order valence-electron chi connectivity index (χ0n) is 7.26. The Kier molecular flexibility index (Phi) is 4.04. The molecule has 0 spiro atoms. The van der Waals surface area contributed by atoms with E-state index < -0.39 is 11.9 Å². The van der Waals surface area contributed by atoms with Crippen LogP contribution in [0, 0.1) is 0 Å². The van der Waals surface area contributed by atoms with Crippen molar-refractivity contribution >= 4 is 11.9 Å². The third kappa shape index (κ3) is 2.38. The summed E-state index contributed by atoms with van der Waals surface area (Å²) in [4.78, 5) is 21.2. The molecule has 0 aromatic rings. The Hall–Kier alpha value is -1.32. The molecule has 0 aliphatic heterocycles. The molecule has 0 bridgehead atoms. The molecule has 68 valence electrons. The first-order valence-electron chi connectivity index (χ1n) is 3.79. The van der Waals surface area contributed by atoms with Crippen LogP contribution in [-0.4, -0.2) is 17.0 Å². The predicted molar refractivity (Wildman–Crippen MR) is 44.4 cm³/mol. The quantitative estimate of drug-likeness (QED) is 0.370. The van der Waals surface area contributed by atoms with Crippen LogP contribution in [0.4, 0.5) is 0 Å². The predicted octanol–water partition coefficient (Wildman–Crippen LogP) is 0.673. The molecule has 0 radical (unpaired) electrons. The number of allylic oxidation sites excluding steroid dienone is 1. The molecule has 0 aliphatic carbocycles. The molecule has 0 saturated heterocycles. The summed E-state index contributed by atoms with van der Waals surface area (Å²) in [6, 6.07) is 0. The van der Waals surface area contributed by atoms with Gasteiger partial charge in [-0.05, 0) is 12.8 Å². The lowest BCUT2D eigenvalue weighted by Crippen LogP contribution is -2.22. The number of carbonyl (C=O) groups excluding carboxylic acids is 1. The van der Waals surface area contributed by atoms with Crippen molar-refractivity contribution in [3.05, 3.63) is 11.1 Å². The van der Waals surface area contributed by atoms with Crippen molar-refractivity contribution in [1.82, 2.24) is 0 Å². The van der Waals surface area contributed by atoms with Gasteiger partial charge >= 0.3 is 5.97 Å². The van der Waals surface area contributed by atoms with Crippen LogP contribution in [0.15, 0.2) is 11.1 Å². The number of carbonyl (C=O) groups is 2. The van der Waals surface area contributed by atoms with Gasteiger partial charge < -0.3 is 10.8 Å². The van der Waals surface area contributed by atoms with Crippen molar-refractivity contribution in [2.24, 2.45) is 5.73 Å². The zero-order chi connectivity index (χ0) is 9.72. The monoisotopic (exact) mass is 171 g/mol. The third-order valence-electron chi connectivity index (χ3n) is 1.67. The SMILES string of the molecule is CCC(CC)=C(C(N)=O)C(=O)O. The molecule has 0 aromatic carbocycles.